The lowest BCUT2D eigenvalue weighted by molar-refractivity contribution is -0.131. The number of nitrogens with one attached hydrogen (secondary N) is 2. The molecule has 1 atom stereocenters. The van der Waals surface area contributed by atoms with Gasteiger partial charge in [-0.15, -0.1) is 0 Å². The summed E-state index contributed by atoms with van der Waals surface area (Å²) in [6.45, 7) is 0. The maximum Gasteiger partial charge on any atom is 0.265 e. The fraction of sp³-hybridized carbons (Fsp3) is 0.0952. The minimum absolute atomic E-state index is 0.0774. The first kappa shape index (κ1) is 19.1. The van der Waals surface area contributed by atoms with Gasteiger partial charge in [0.1, 0.15) is 6.04 Å². The average molecular weight is 380 g/mol. The molecule has 5 nitrogen and oxygen atoms in total. The second-order valence-corrected chi connectivity index (χ2v) is 8.92. The Morgan fingerprint density at radius 3 is 1.70 bits per heavy atom. The Kier molecular flexibility index (Phi) is 6.20. The SMILES string of the molecule is O=C(NO)[C@H](NCP(=O)(c1ccccc1)c1ccccc1)c1ccccc1. The first-order valence-corrected chi connectivity index (χ1v) is 10.5. The molecule has 0 aliphatic carbocycles. The number of benzene rings is 3. The maximum atomic E-state index is 14.0. The van der Waals surface area contributed by atoms with Crippen molar-refractivity contribution in [3.05, 3.63) is 96.6 Å². The van der Waals surface area contributed by atoms with E-state index >= 15 is 0 Å². The number of rotatable bonds is 7. The highest BCUT2D eigenvalue weighted by molar-refractivity contribution is 7.78. The lowest BCUT2D eigenvalue weighted by atomic mass is 10.1. The molecular formula is C21H21N2O3P. The lowest BCUT2D eigenvalue weighted by Crippen LogP contribution is -2.38. The number of carbonyl (C=O) groups is 1. The predicted octanol–water partition coefficient (Wildman–Crippen LogP) is 2.79. The van der Waals surface area contributed by atoms with E-state index in [0.717, 1.165) is 0 Å². The molecular weight excluding hydrogens is 359 g/mol. The smallest absolute Gasteiger partial charge is 0.265 e. The molecule has 0 fully saturated rings. The minimum Gasteiger partial charge on any atom is -0.312 e. The fourth-order valence-corrected chi connectivity index (χ4v) is 5.37. The van der Waals surface area contributed by atoms with E-state index < -0.39 is 19.1 Å². The van der Waals surface area contributed by atoms with Gasteiger partial charge in [-0.3, -0.25) is 15.3 Å². The van der Waals surface area contributed by atoms with Crippen LogP contribution >= 0.6 is 7.14 Å². The molecule has 0 saturated heterocycles. The molecule has 138 valence electrons. The highest BCUT2D eigenvalue weighted by Crippen LogP contribution is 2.42. The van der Waals surface area contributed by atoms with Crippen molar-refractivity contribution in [1.29, 1.82) is 0 Å². The van der Waals surface area contributed by atoms with E-state index in [4.69, 9.17) is 5.21 Å². The number of carbonyl (C=O) groups excluding carboxylic acids is 1. The number of hydrogen-bond acceptors (Lipinski definition) is 4. The molecule has 0 heterocycles. The molecule has 0 saturated carbocycles. The van der Waals surface area contributed by atoms with E-state index in [1.54, 1.807) is 17.6 Å². The zero-order valence-electron chi connectivity index (χ0n) is 14.7. The van der Waals surface area contributed by atoms with Crippen LogP contribution in [0.5, 0.6) is 0 Å². The van der Waals surface area contributed by atoms with Crippen LogP contribution in [0.25, 0.3) is 0 Å². The molecule has 3 aromatic carbocycles. The van der Waals surface area contributed by atoms with Crippen molar-refractivity contribution in [2.24, 2.45) is 0 Å². The van der Waals surface area contributed by atoms with Crippen LogP contribution in [0.1, 0.15) is 11.6 Å². The molecule has 0 unspecified atom stereocenters. The van der Waals surface area contributed by atoms with Crippen LogP contribution in [-0.4, -0.2) is 17.4 Å². The summed E-state index contributed by atoms with van der Waals surface area (Å²) in [5.74, 6) is -0.603. The van der Waals surface area contributed by atoms with E-state index in [1.807, 2.05) is 78.9 Å². The largest absolute Gasteiger partial charge is 0.312 e. The standard InChI is InChI=1S/C21H21N2O3P/c24-21(23-25)20(17-10-4-1-5-11-17)22-16-27(26,18-12-6-2-7-13-18)19-14-8-3-9-15-19/h1-15,20,22,25H,16H2,(H,23,24)/t20-/m1/s1. The van der Waals surface area contributed by atoms with Crippen LogP contribution in [-0.2, 0) is 9.36 Å². The van der Waals surface area contributed by atoms with Gasteiger partial charge in [-0.25, -0.2) is 5.48 Å². The van der Waals surface area contributed by atoms with Gasteiger partial charge in [-0.1, -0.05) is 91.0 Å². The first-order chi connectivity index (χ1) is 13.1. The molecule has 0 bridgehead atoms. The van der Waals surface area contributed by atoms with Crippen LogP contribution < -0.4 is 21.4 Å². The van der Waals surface area contributed by atoms with E-state index in [9.17, 15) is 9.36 Å². The van der Waals surface area contributed by atoms with Crippen LogP contribution in [0.2, 0.25) is 0 Å². The normalized spacial score (nSPS) is 12.3. The van der Waals surface area contributed by atoms with Crippen molar-refractivity contribution in [3.63, 3.8) is 0 Å². The third-order valence-electron chi connectivity index (χ3n) is 4.37. The van der Waals surface area contributed by atoms with Gasteiger partial charge in [-0.2, -0.15) is 0 Å². The topological polar surface area (TPSA) is 78.4 Å². The van der Waals surface area contributed by atoms with E-state index in [-0.39, 0.29) is 6.29 Å². The maximum absolute atomic E-state index is 14.0. The number of amides is 1. The highest BCUT2D eigenvalue weighted by atomic mass is 31.2. The number of hydrogen-bond donors (Lipinski definition) is 3. The zero-order valence-corrected chi connectivity index (χ0v) is 15.6. The molecule has 27 heavy (non-hydrogen) atoms. The predicted molar refractivity (Wildman–Crippen MR) is 107 cm³/mol. The van der Waals surface area contributed by atoms with Gasteiger partial charge in [0.05, 0.1) is 6.29 Å². The molecule has 0 aliphatic heterocycles. The Balaban J connectivity index is 1.95. The zero-order chi connectivity index (χ0) is 19.1. The van der Waals surface area contributed by atoms with Crippen LogP contribution in [0.3, 0.4) is 0 Å². The summed E-state index contributed by atoms with van der Waals surface area (Å²) in [6, 6.07) is 26.7. The van der Waals surface area contributed by atoms with Gasteiger partial charge in [0, 0.05) is 10.6 Å². The van der Waals surface area contributed by atoms with Crippen LogP contribution in [0.4, 0.5) is 0 Å². The van der Waals surface area contributed by atoms with E-state index in [0.29, 0.717) is 16.2 Å². The Morgan fingerprint density at radius 1 is 0.815 bits per heavy atom. The molecule has 0 radical (unpaired) electrons. The lowest BCUT2D eigenvalue weighted by Gasteiger charge is -2.23. The van der Waals surface area contributed by atoms with Gasteiger partial charge < -0.3 is 4.57 Å². The summed E-state index contributed by atoms with van der Waals surface area (Å²) in [5, 5.41) is 13.6. The molecule has 0 aromatic heterocycles. The van der Waals surface area contributed by atoms with Gasteiger partial charge in [0.25, 0.3) is 5.91 Å². The Bertz CT molecular complexity index is 874. The third-order valence-corrected chi connectivity index (χ3v) is 7.26. The van der Waals surface area contributed by atoms with E-state index in [2.05, 4.69) is 5.32 Å². The van der Waals surface area contributed by atoms with Crippen molar-refractivity contribution in [1.82, 2.24) is 10.8 Å². The van der Waals surface area contributed by atoms with Crippen molar-refractivity contribution in [3.8, 4) is 0 Å². The molecule has 3 rings (SSSR count). The quantitative estimate of drug-likeness (QED) is 0.335. The van der Waals surface area contributed by atoms with E-state index in [1.165, 1.54) is 0 Å². The Morgan fingerprint density at radius 2 is 1.26 bits per heavy atom. The second-order valence-electron chi connectivity index (χ2n) is 6.09. The highest BCUT2D eigenvalue weighted by Gasteiger charge is 2.30. The summed E-state index contributed by atoms with van der Waals surface area (Å²) in [7, 11) is -3.02. The van der Waals surface area contributed by atoms with Gasteiger partial charge in [0.2, 0.25) is 0 Å². The number of hydroxylamine groups is 1. The molecule has 3 aromatic rings. The molecule has 6 heteroatoms. The molecule has 3 N–H and O–H groups in total. The Labute approximate surface area is 158 Å². The first-order valence-electron chi connectivity index (χ1n) is 8.58. The monoisotopic (exact) mass is 380 g/mol. The van der Waals surface area contributed by atoms with Crippen LogP contribution in [0.15, 0.2) is 91.0 Å². The summed E-state index contributed by atoms with van der Waals surface area (Å²) in [6.07, 6.45) is 0.0774. The van der Waals surface area contributed by atoms with Gasteiger partial charge in [0.15, 0.2) is 7.14 Å². The molecule has 0 aliphatic rings. The fourth-order valence-electron chi connectivity index (χ4n) is 2.96. The molecule has 1 amide bonds. The Hall–Kier alpha value is -2.72. The molecule has 0 spiro atoms. The van der Waals surface area contributed by atoms with Crippen molar-refractivity contribution < 1.29 is 14.6 Å². The summed E-state index contributed by atoms with van der Waals surface area (Å²) >= 11 is 0. The summed E-state index contributed by atoms with van der Waals surface area (Å²) in [5.41, 5.74) is 2.37. The third kappa shape index (κ3) is 4.34. The second kappa shape index (κ2) is 8.78. The summed E-state index contributed by atoms with van der Waals surface area (Å²) < 4.78 is 14.0. The summed E-state index contributed by atoms with van der Waals surface area (Å²) in [4.78, 5) is 12.2. The van der Waals surface area contributed by atoms with Gasteiger partial charge in [-0.05, 0) is 5.56 Å². The van der Waals surface area contributed by atoms with Crippen molar-refractivity contribution >= 4 is 23.7 Å². The van der Waals surface area contributed by atoms with Crippen LogP contribution in [0, 0.1) is 0 Å². The van der Waals surface area contributed by atoms with Gasteiger partial charge >= 0.3 is 0 Å². The van der Waals surface area contributed by atoms with Crippen molar-refractivity contribution in [2.45, 2.75) is 6.04 Å². The van der Waals surface area contributed by atoms with Crippen molar-refractivity contribution in [2.75, 3.05) is 6.29 Å². The average Bonchev–Trinajstić information content (AvgIpc) is 2.75. The minimum atomic E-state index is -3.02.